The summed E-state index contributed by atoms with van der Waals surface area (Å²) in [4.78, 5) is 0. The van der Waals surface area contributed by atoms with Crippen LogP contribution in [0.3, 0.4) is 0 Å². The average Bonchev–Trinajstić information content (AvgIpc) is 0.592. The van der Waals surface area contributed by atoms with E-state index in [0.717, 1.165) is 0 Å². The fourth-order valence-corrected chi connectivity index (χ4v) is 0. The normalized spacial score (nSPS) is 17.8. The van der Waals surface area contributed by atoms with Crippen LogP contribution in [0, 0.1) is 0 Å². The number of hydrogen-bond acceptors (Lipinski definition) is 2. The van der Waals surface area contributed by atoms with E-state index in [-0.39, 0.29) is 59.1 Å². The van der Waals surface area contributed by atoms with Crippen molar-refractivity contribution >= 4 is 0 Å². The standard InChI is InChI=1S/4FH.Mo.2Na.2O/h4*1H;;;;;/q;;;;+2;2*+1;;/p-4. The molecule has 0 atom stereocenters. The van der Waals surface area contributed by atoms with Gasteiger partial charge in [0.05, 0.1) is 0 Å². The van der Waals surface area contributed by atoms with Crippen LogP contribution in [-0.4, -0.2) is 0 Å². The monoisotopic (exact) mass is 252 g/mol. The van der Waals surface area contributed by atoms with Gasteiger partial charge in [-0.3, -0.25) is 0 Å². The van der Waals surface area contributed by atoms with Gasteiger partial charge in [0.25, 0.3) is 0 Å². The number of halogens is 4. The molecule has 0 rings (SSSR count). The summed E-state index contributed by atoms with van der Waals surface area (Å²) in [5, 5.41) is 0. The Bertz CT molecular complexity index is 196. The third-order valence-electron chi connectivity index (χ3n) is 0. The predicted octanol–water partition coefficient (Wildman–Crippen LogP) is -4.55. The maximum absolute atomic E-state index is 10.7. The Labute approximate surface area is 92.6 Å². The van der Waals surface area contributed by atoms with Gasteiger partial charge in [0.1, 0.15) is 0 Å². The molecular formula is F4MoNa2O2. The van der Waals surface area contributed by atoms with Crippen LogP contribution < -0.4 is 59.1 Å². The first-order valence-corrected chi connectivity index (χ1v) is 5.62. The number of rotatable bonds is 0. The minimum absolute atomic E-state index is 0. The molecule has 0 unspecified atom stereocenters. The second kappa shape index (κ2) is 2.81. The fourth-order valence-electron chi connectivity index (χ4n) is 0. The van der Waals surface area contributed by atoms with Crippen LogP contribution in [-0.2, 0) is 22.4 Å². The van der Waals surface area contributed by atoms with Crippen LogP contribution in [0.1, 0.15) is 0 Å². The van der Waals surface area contributed by atoms with Crippen molar-refractivity contribution < 1.29 is 94.1 Å². The van der Waals surface area contributed by atoms with Crippen molar-refractivity contribution in [3.8, 4) is 0 Å². The summed E-state index contributed by atoms with van der Waals surface area (Å²) < 4.78 is 57.0. The Balaban J connectivity index is -0.000000180. The van der Waals surface area contributed by atoms with Crippen molar-refractivity contribution in [1.29, 1.82) is 0 Å². The summed E-state index contributed by atoms with van der Waals surface area (Å²) in [5.74, 6) is 0. The molecule has 0 aliphatic rings. The topological polar surface area (TPSA) is 34.1 Å². The molecule has 0 aromatic rings. The third-order valence-corrected chi connectivity index (χ3v) is 0. The zero-order chi connectivity index (χ0) is 6.41. The van der Waals surface area contributed by atoms with E-state index in [4.69, 9.17) is 6.80 Å². The molecule has 0 aliphatic carbocycles. The minimum atomic E-state index is -10.7. The molecule has 0 radical (unpaired) electrons. The van der Waals surface area contributed by atoms with E-state index < -0.39 is 15.6 Å². The molecule has 48 valence electrons. The van der Waals surface area contributed by atoms with Crippen molar-refractivity contribution in [1.82, 2.24) is 0 Å². The van der Waals surface area contributed by atoms with Crippen molar-refractivity contribution in [3.05, 3.63) is 0 Å². The Morgan fingerprint density at radius 3 is 0.778 bits per heavy atom. The van der Waals surface area contributed by atoms with Crippen molar-refractivity contribution in [2.24, 2.45) is 0 Å². The first-order valence-electron chi connectivity index (χ1n) is 0.951. The Kier molecular flexibility index (Phi) is 5.36. The average molecular weight is 250 g/mol. The summed E-state index contributed by atoms with van der Waals surface area (Å²) in [7, 11) is 0. The van der Waals surface area contributed by atoms with E-state index in [1.807, 2.05) is 0 Å². The van der Waals surface area contributed by atoms with Gasteiger partial charge < -0.3 is 0 Å². The second-order valence-corrected chi connectivity index (χ2v) is 5.45. The zero-order valence-electron chi connectivity index (χ0n) is 4.74. The molecule has 0 spiro atoms. The first-order chi connectivity index (χ1) is 2.45. The SMILES string of the molecule is [Na+].[Na+].[O]=[Mo-2](=[O])([F])([F])([F])[F]. The zero-order valence-corrected chi connectivity index (χ0v) is 10.7. The first kappa shape index (κ1) is 17.2. The van der Waals surface area contributed by atoms with E-state index in [9.17, 15) is 12.6 Å². The van der Waals surface area contributed by atoms with E-state index in [2.05, 4.69) is 0 Å². The second-order valence-electron chi connectivity index (χ2n) is 0.922. The summed E-state index contributed by atoms with van der Waals surface area (Å²) in [6, 6.07) is 0. The van der Waals surface area contributed by atoms with Crippen LogP contribution in [0.15, 0.2) is 0 Å². The Morgan fingerprint density at radius 2 is 0.778 bits per heavy atom. The van der Waals surface area contributed by atoms with Gasteiger partial charge in [0.15, 0.2) is 0 Å². The van der Waals surface area contributed by atoms with Crippen LogP contribution in [0.4, 0.5) is 12.6 Å². The van der Waals surface area contributed by atoms with Gasteiger partial charge in [-0.05, 0) is 0 Å². The molecule has 2 nitrogen and oxygen atoms in total. The molecule has 0 saturated carbocycles. The van der Waals surface area contributed by atoms with Crippen molar-refractivity contribution in [2.75, 3.05) is 0 Å². The van der Waals surface area contributed by atoms with E-state index >= 15 is 0 Å². The van der Waals surface area contributed by atoms with Crippen LogP contribution >= 0.6 is 0 Å². The molecule has 0 heterocycles. The van der Waals surface area contributed by atoms with Gasteiger partial charge in [-0.2, -0.15) is 0 Å². The molecule has 0 aliphatic heterocycles. The van der Waals surface area contributed by atoms with Gasteiger partial charge in [0.2, 0.25) is 0 Å². The van der Waals surface area contributed by atoms with Gasteiger partial charge in [-0.15, -0.1) is 0 Å². The van der Waals surface area contributed by atoms with Gasteiger partial charge in [0, 0.05) is 0 Å². The van der Waals surface area contributed by atoms with E-state index in [1.54, 1.807) is 0 Å². The molecule has 0 saturated heterocycles. The molecule has 0 bridgehead atoms. The molecule has 0 amide bonds. The quantitative estimate of drug-likeness (QED) is 0.320. The summed E-state index contributed by atoms with van der Waals surface area (Å²) in [5.41, 5.74) is 0. The molecule has 9 heavy (non-hydrogen) atoms. The fraction of sp³-hybridized carbons (Fsp3) is 0. The van der Waals surface area contributed by atoms with E-state index in [0.29, 0.717) is 0 Å². The molecule has 0 aromatic carbocycles. The summed E-state index contributed by atoms with van der Waals surface area (Å²) >= 11 is -10.7. The molecular weight excluding hydrogens is 250 g/mol. The van der Waals surface area contributed by atoms with E-state index in [1.165, 1.54) is 0 Å². The van der Waals surface area contributed by atoms with Crippen LogP contribution in [0.2, 0.25) is 0 Å². The Hall–Kier alpha value is 2.01. The Morgan fingerprint density at radius 1 is 0.778 bits per heavy atom. The van der Waals surface area contributed by atoms with Gasteiger partial charge >= 0.3 is 94.1 Å². The summed E-state index contributed by atoms with van der Waals surface area (Å²) in [6.07, 6.45) is 0. The molecule has 9 heteroatoms. The van der Waals surface area contributed by atoms with Gasteiger partial charge in [-0.25, -0.2) is 0 Å². The molecule has 0 aromatic heterocycles. The van der Waals surface area contributed by atoms with Crippen molar-refractivity contribution in [3.63, 3.8) is 0 Å². The van der Waals surface area contributed by atoms with Gasteiger partial charge in [-0.1, -0.05) is 0 Å². The van der Waals surface area contributed by atoms with Crippen LogP contribution in [0.25, 0.3) is 0 Å². The maximum atomic E-state index is 10.1. The summed E-state index contributed by atoms with van der Waals surface area (Å²) in [6.45, 7) is 0. The third kappa shape index (κ3) is 159. The molecule has 0 fully saturated rings. The van der Waals surface area contributed by atoms with Crippen LogP contribution in [0.5, 0.6) is 0 Å². The number of hydrogen-bond donors (Lipinski definition) is 0. The molecule has 0 N–H and O–H groups in total. The predicted molar refractivity (Wildman–Crippen MR) is 5.80 cm³/mol. The van der Waals surface area contributed by atoms with Crippen molar-refractivity contribution in [2.45, 2.75) is 0 Å².